The fourth-order valence-electron chi connectivity index (χ4n) is 2.36. The summed E-state index contributed by atoms with van der Waals surface area (Å²) in [6.45, 7) is 9.86. The van der Waals surface area contributed by atoms with E-state index in [4.69, 9.17) is 9.47 Å². The Hall–Kier alpha value is -2.42. The number of benzene rings is 1. The summed E-state index contributed by atoms with van der Waals surface area (Å²) < 4.78 is 10.4. The third-order valence-electron chi connectivity index (χ3n) is 3.72. The Labute approximate surface area is 150 Å². The maximum atomic E-state index is 11.9. The van der Waals surface area contributed by atoms with Gasteiger partial charge in [0.1, 0.15) is 17.4 Å². The number of hydrogen-bond donors (Lipinski definition) is 2. The van der Waals surface area contributed by atoms with Crippen molar-refractivity contribution in [3.05, 3.63) is 24.3 Å². The topological polar surface area (TPSA) is 83.4 Å². The molecule has 6 nitrogen and oxygen atoms in total. The third kappa shape index (κ3) is 7.34. The molecule has 138 valence electrons. The Morgan fingerprint density at radius 3 is 2.28 bits per heavy atom. The van der Waals surface area contributed by atoms with Gasteiger partial charge in [-0.2, -0.15) is 5.26 Å². The molecule has 6 heteroatoms. The molecule has 1 aromatic rings. The van der Waals surface area contributed by atoms with Gasteiger partial charge in [0.15, 0.2) is 0 Å². The average molecular weight is 347 g/mol. The van der Waals surface area contributed by atoms with Gasteiger partial charge in [0.05, 0.1) is 13.2 Å². The van der Waals surface area contributed by atoms with E-state index in [-0.39, 0.29) is 11.8 Å². The first kappa shape index (κ1) is 20.6. The number of alkyl carbamates (subject to hydrolysis) is 1. The fraction of sp³-hybridized carbons (Fsp3) is 0.579. The molecule has 0 saturated heterocycles. The molecule has 0 aliphatic rings. The van der Waals surface area contributed by atoms with Crippen molar-refractivity contribution in [1.29, 1.82) is 5.26 Å². The molecule has 1 aromatic carbocycles. The lowest BCUT2D eigenvalue weighted by Crippen LogP contribution is -2.42. The molecule has 0 spiro atoms. The van der Waals surface area contributed by atoms with Crippen LogP contribution < -0.4 is 15.4 Å². The van der Waals surface area contributed by atoms with Gasteiger partial charge in [-0.15, -0.1) is 0 Å². The van der Waals surface area contributed by atoms with Crippen LogP contribution in [0.5, 0.6) is 5.75 Å². The van der Waals surface area contributed by atoms with E-state index in [0.29, 0.717) is 6.54 Å². The second-order valence-electron chi connectivity index (χ2n) is 7.27. The van der Waals surface area contributed by atoms with Crippen molar-refractivity contribution in [3.8, 4) is 11.8 Å². The predicted octanol–water partition coefficient (Wildman–Crippen LogP) is 3.80. The highest BCUT2D eigenvalue weighted by molar-refractivity contribution is 5.67. The minimum atomic E-state index is -0.548. The van der Waals surface area contributed by atoms with Crippen LogP contribution in [0.1, 0.15) is 34.6 Å². The van der Waals surface area contributed by atoms with E-state index in [9.17, 15) is 10.1 Å². The molecular weight excluding hydrogens is 318 g/mol. The zero-order valence-electron chi connectivity index (χ0n) is 15.9. The minimum Gasteiger partial charge on any atom is -0.497 e. The van der Waals surface area contributed by atoms with Crippen LogP contribution in [0.15, 0.2) is 24.3 Å². The molecule has 0 saturated carbocycles. The highest BCUT2D eigenvalue weighted by Gasteiger charge is 2.26. The van der Waals surface area contributed by atoms with Crippen molar-refractivity contribution >= 4 is 11.8 Å². The van der Waals surface area contributed by atoms with Crippen LogP contribution in [0, 0.1) is 23.2 Å². The standard InChI is InChI=1S/C19H29N3O3/c1-13(2)16(12-21-18(23)25-19(3,4)5)17(11-20)22-14-7-9-15(24-6)10-8-14/h7-10,13,16-17,22H,12H2,1-6H3,(H,21,23). The molecule has 0 heterocycles. The Morgan fingerprint density at radius 2 is 1.84 bits per heavy atom. The minimum absolute atomic E-state index is 0.0698. The van der Waals surface area contributed by atoms with Crippen molar-refractivity contribution < 1.29 is 14.3 Å². The average Bonchev–Trinajstić information content (AvgIpc) is 2.52. The van der Waals surface area contributed by atoms with Crippen molar-refractivity contribution in [2.75, 3.05) is 19.0 Å². The van der Waals surface area contributed by atoms with Crippen LogP contribution in [0.4, 0.5) is 10.5 Å². The van der Waals surface area contributed by atoms with Gasteiger partial charge in [0.25, 0.3) is 0 Å². The number of nitrogens with zero attached hydrogens (tertiary/aromatic N) is 1. The molecule has 0 fully saturated rings. The molecule has 0 aromatic heterocycles. The summed E-state index contributed by atoms with van der Waals surface area (Å²) in [5.74, 6) is 0.885. The Bertz CT molecular complexity index is 585. The zero-order valence-corrected chi connectivity index (χ0v) is 15.9. The number of nitrogens with one attached hydrogen (secondary N) is 2. The first-order chi connectivity index (χ1) is 11.7. The van der Waals surface area contributed by atoms with Crippen molar-refractivity contribution in [1.82, 2.24) is 5.32 Å². The van der Waals surface area contributed by atoms with Crippen molar-refractivity contribution in [2.45, 2.75) is 46.3 Å². The summed E-state index contributed by atoms with van der Waals surface area (Å²) in [5, 5.41) is 15.6. The first-order valence-corrected chi connectivity index (χ1v) is 8.43. The number of anilines is 1. The van der Waals surface area contributed by atoms with Gasteiger partial charge < -0.3 is 20.1 Å². The third-order valence-corrected chi connectivity index (χ3v) is 3.72. The second kappa shape index (κ2) is 9.16. The number of carbonyl (C=O) groups excluding carboxylic acids is 1. The van der Waals surface area contributed by atoms with Crippen LogP contribution in [-0.2, 0) is 4.74 Å². The van der Waals surface area contributed by atoms with Crippen molar-refractivity contribution in [3.63, 3.8) is 0 Å². The lowest BCUT2D eigenvalue weighted by Gasteiger charge is -2.28. The quantitative estimate of drug-likeness (QED) is 0.784. The summed E-state index contributed by atoms with van der Waals surface area (Å²) in [6.07, 6.45) is -0.473. The van der Waals surface area contributed by atoms with Gasteiger partial charge >= 0.3 is 6.09 Å². The fourth-order valence-corrected chi connectivity index (χ4v) is 2.36. The summed E-state index contributed by atoms with van der Waals surface area (Å²) >= 11 is 0. The lowest BCUT2D eigenvalue weighted by molar-refractivity contribution is 0.0514. The SMILES string of the molecule is COc1ccc(NC(C#N)C(CNC(=O)OC(C)(C)C)C(C)C)cc1. The molecule has 0 aliphatic heterocycles. The highest BCUT2D eigenvalue weighted by atomic mass is 16.6. The highest BCUT2D eigenvalue weighted by Crippen LogP contribution is 2.21. The zero-order chi connectivity index (χ0) is 19.0. The largest absolute Gasteiger partial charge is 0.497 e. The Balaban J connectivity index is 2.73. The smallest absolute Gasteiger partial charge is 0.407 e. The molecule has 2 unspecified atom stereocenters. The van der Waals surface area contributed by atoms with Gasteiger partial charge in [0, 0.05) is 18.2 Å². The van der Waals surface area contributed by atoms with Gasteiger partial charge in [-0.05, 0) is 51.0 Å². The van der Waals surface area contributed by atoms with E-state index < -0.39 is 17.7 Å². The number of rotatable bonds is 7. The molecule has 1 rings (SSSR count). The van der Waals surface area contributed by atoms with E-state index in [0.717, 1.165) is 11.4 Å². The predicted molar refractivity (Wildman–Crippen MR) is 98.6 cm³/mol. The van der Waals surface area contributed by atoms with E-state index in [2.05, 4.69) is 16.7 Å². The van der Waals surface area contributed by atoms with Gasteiger partial charge in [0.2, 0.25) is 0 Å². The van der Waals surface area contributed by atoms with E-state index in [1.165, 1.54) is 0 Å². The van der Waals surface area contributed by atoms with Crippen molar-refractivity contribution in [2.24, 2.45) is 11.8 Å². The van der Waals surface area contributed by atoms with E-state index in [1.54, 1.807) is 7.11 Å². The monoisotopic (exact) mass is 347 g/mol. The molecule has 0 aliphatic carbocycles. The maximum absolute atomic E-state index is 11.9. The van der Waals surface area contributed by atoms with Gasteiger partial charge in [-0.25, -0.2) is 4.79 Å². The summed E-state index contributed by atoms with van der Waals surface area (Å²) in [6, 6.07) is 9.25. The number of methoxy groups -OCH3 is 1. The molecule has 25 heavy (non-hydrogen) atoms. The number of ether oxygens (including phenoxy) is 2. The molecular formula is C19H29N3O3. The van der Waals surface area contributed by atoms with Crippen LogP contribution in [0.25, 0.3) is 0 Å². The first-order valence-electron chi connectivity index (χ1n) is 8.43. The number of hydrogen-bond acceptors (Lipinski definition) is 5. The number of nitriles is 1. The van der Waals surface area contributed by atoms with Gasteiger partial charge in [-0.1, -0.05) is 13.8 Å². The second-order valence-corrected chi connectivity index (χ2v) is 7.27. The van der Waals surface area contributed by atoms with Crippen LogP contribution >= 0.6 is 0 Å². The number of carbonyl (C=O) groups is 1. The number of amides is 1. The summed E-state index contributed by atoms with van der Waals surface area (Å²) in [7, 11) is 1.61. The van der Waals surface area contributed by atoms with Crippen LogP contribution in [0.3, 0.4) is 0 Å². The van der Waals surface area contributed by atoms with E-state index >= 15 is 0 Å². The van der Waals surface area contributed by atoms with E-state index in [1.807, 2.05) is 58.9 Å². The lowest BCUT2D eigenvalue weighted by atomic mass is 9.88. The normalized spacial score (nSPS) is 13.5. The van der Waals surface area contributed by atoms with Crippen LogP contribution in [0.2, 0.25) is 0 Å². The molecule has 2 N–H and O–H groups in total. The molecule has 0 bridgehead atoms. The summed E-state index contributed by atoms with van der Waals surface area (Å²) in [5.41, 5.74) is 0.281. The Kier molecular flexibility index (Phi) is 7.56. The molecule has 2 atom stereocenters. The molecule has 1 amide bonds. The maximum Gasteiger partial charge on any atom is 0.407 e. The molecule has 0 radical (unpaired) electrons. The van der Waals surface area contributed by atoms with Crippen LogP contribution in [-0.4, -0.2) is 31.4 Å². The van der Waals surface area contributed by atoms with Gasteiger partial charge in [-0.3, -0.25) is 0 Å². The summed E-state index contributed by atoms with van der Waals surface area (Å²) in [4.78, 5) is 11.9. The Morgan fingerprint density at radius 1 is 1.24 bits per heavy atom.